The van der Waals surface area contributed by atoms with E-state index in [9.17, 15) is 5.11 Å². The number of aliphatic hydroxyl groups excluding tert-OH is 1. The van der Waals surface area contributed by atoms with Gasteiger partial charge in [0, 0.05) is 32.2 Å². The van der Waals surface area contributed by atoms with Gasteiger partial charge < -0.3 is 15.2 Å². The average Bonchev–Trinajstić information content (AvgIpc) is 2.12. The molecule has 0 aliphatic carbocycles. The van der Waals surface area contributed by atoms with Crippen LogP contribution in [0.1, 0.15) is 27.7 Å². The van der Waals surface area contributed by atoms with Crippen molar-refractivity contribution in [3.05, 3.63) is 0 Å². The maximum atomic E-state index is 9.88. The lowest BCUT2D eigenvalue weighted by atomic mass is 10.2. The van der Waals surface area contributed by atoms with Gasteiger partial charge >= 0.3 is 0 Å². The third-order valence-corrected chi connectivity index (χ3v) is 2.73. The predicted molar refractivity (Wildman–Crippen MR) is 65.6 cm³/mol. The summed E-state index contributed by atoms with van der Waals surface area (Å²) in [5.41, 5.74) is 0. The molecular formula is C12H26N2O2. The first-order chi connectivity index (χ1) is 7.47. The van der Waals surface area contributed by atoms with Crippen molar-refractivity contribution in [3.8, 4) is 0 Å². The van der Waals surface area contributed by atoms with Crippen LogP contribution in [0.3, 0.4) is 0 Å². The number of hydrogen-bond acceptors (Lipinski definition) is 4. The van der Waals surface area contributed by atoms with Gasteiger partial charge in [0.1, 0.15) is 0 Å². The Morgan fingerprint density at radius 2 is 1.88 bits per heavy atom. The van der Waals surface area contributed by atoms with Crippen LogP contribution >= 0.6 is 0 Å². The Hall–Kier alpha value is -0.160. The molecular weight excluding hydrogens is 204 g/mol. The Balaban J connectivity index is 2.24. The van der Waals surface area contributed by atoms with Gasteiger partial charge in [-0.2, -0.15) is 0 Å². The van der Waals surface area contributed by atoms with E-state index >= 15 is 0 Å². The Morgan fingerprint density at radius 1 is 1.31 bits per heavy atom. The van der Waals surface area contributed by atoms with Gasteiger partial charge in [0.25, 0.3) is 0 Å². The Morgan fingerprint density at radius 3 is 2.38 bits per heavy atom. The van der Waals surface area contributed by atoms with Gasteiger partial charge in [0.2, 0.25) is 0 Å². The number of nitrogens with zero attached hydrogens (tertiary/aromatic N) is 1. The topological polar surface area (TPSA) is 44.7 Å². The number of hydrogen-bond donors (Lipinski definition) is 2. The van der Waals surface area contributed by atoms with E-state index < -0.39 is 0 Å². The van der Waals surface area contributed by atoms with Crippen molar-refractivity contribution < 1.29 is 9.84 Å². The SMILES string of the molecule is CC(C)NCC(O)CN1C[C@@H](C)O[C@@H](C)C1. The van der Waals surface area contributed by atoms with Crippen LogP contribution in [0.5, 0.6) is 0 Å². The fourth-order valence-electron chi connectivity index (χ4n) is 2.17. The summed E-state index contributed by atoms with van der Waals surface area (Å²) in [6.45, 7) is 11.6. The lowest BCUT2D eigenvalue weighted by Crippen LogP contribution is -2.49. The van der Waals surface area contributed by atoms with Gasteiger partial charge in [-0.1, -0.05) is 13.8 Å². The van der Waals surface area contributed by atoms with Crippen molar-refractivity contribution in [2.24, 2.45) is 0 Å². The molecule has 1 aliphatic heterocycles. The van der Waals surface area contributed by atoms with Crippen LogP contribution in [0.15, 0.2) is 0 Å². The highest BCUT2D eigenvalue weighted by atomic mass is 16.5. The van der Waals surface area contributed by atoms with Gasteiger partial charge in [0.15, 0.2) is 0 Å². The first-order valence-electron chi connectivity index (χ1n) is 6.26. The molecule has 1 aliphatic rings. The Labute approximate surface area is 99.0 Å². The number of ether oxygens (including phenoxy) is 1. The smallest absolute Gasteiger partial charge is 0.0791 e. The van der Waals surface area contributed by atoms with Gasteiger partial charge in [-0.25, -0.2) is 0 Å². The van der Waals surface area contributed by atoms with Gasteiger partial charge in [-0.15, -0.1) is 0 Å². The molecule has 4 nitrogen and oxygen atoms in total. The molecule has 0 spiro atoms. The second-order valence-corrected chi connectivity index (χ2v) is 5.19. The molecule has 1 heterocycles. The van der Waals surface area contributed by atoms with E-state index in [-0.39, 0.29) is 18.3 Å². The van der Waals surface area contributed by atoms with Crippen LogP contribution in [0.4, 0.5) is 0 Å². The monoisotopic (exact) mass is 230 g/mol. The molecule has 96 valence electrons. The van der Waals surface area contributed by atoms with Crippen LogP contribution in [-0.4, -0.2) is 60.5 Å². The summed E-state index contributed by atoms with van der Waals surface area (Å²) < 4.78 is 5.66. The third kappa shape index (κ3) is 5.25. The number of nitrogens with one attached hydrogen (secondary N) is 1. The minimum atomic E-state index is -0.292. The van der Waals surface area contributed by atoms with E-state index in [1.165, 1.54) is 0 Å². The summed E-state index contributed by atoms with van der Waals surface area (Å²) in [7, 11) is 0. The fourth-order valence-corrected chi connectivity index (χ4v) is 2.17. The number of β-amino-alcohol motifs (C(OH)–C–C–N with tert-alkyl or cyclic N) is 1. The van der Waals surface area contributed by atoms with Crippen LogP contribution in [-0.2, 0) is 4.74 Å². The Kier molecular flexibility index (Phi) is 5.69. The number of aliphatic hydroxyl groups is 1. The van der Waals surface area contributed by atoms with Crippen molar-refractivity contribution >= 4 is 0 Å². The van der Waals surface area contributed by atoms with E-state index in [1.807, 2.05) is 0 Å². The molecule has 1 rings (SSSR count). The molecule has 0 aromatic heterocycles. The molecule has 0 saturated carbocycles. The summed E-state index contributed by atoms with van der Waals surface area (Å²) in [5.74, 6) is 0. The highest BCUT2D eigenvalue weighted by Gasteiger charge is 2.23. The largest absolute Gasteiger partial charge is 0.390 e. The van der Waals surface area contributed by atoms with Crippen molar-refractivity contribution in [1.29, 1.82) is 0 Å². The molecule has 0 bridgehead atoms. The van der Waals surface area contributed by atoms with Crippen LogP contribution in [0.2, 0.25) is 0 Å². The molecule has 0 radical (unpaired) electrons. The number of rotatable bonds is 5. The zero-order valence-corrected chi connectivity index (χ0v) is 10.9. The van der Waals surface area contributed by atoms with Crippen LogP contribution in [0, 0.1) is 0 Å². The molecule has 1 unspecified atom stereocenters. The van der Waals surface area contributed by atoms with Gasteiger partial charge in [0.05, 0.1) is 18.3 Å². The van der Waals surface area contributed by atoms with Crippen molar-refractivity contribution in [3.63, 3.8) is 0 Å². The zero-order chi connectivity index (χ0) is 12.1. The molecule has 2 N–H and O–H groups in total. The van der Waals surface area contributed by atoms with E-state index in [4.69, 9.17) is 4.74 Å². The van der Waals surface area contributed by atoms with Crippen molar-refractivity contribution in [2.45, 2.75) is 52.0 Å². The number of morpholine rings is 1. The standard InChI is InChI=1S/C12H26N2O2/c1-9(2)13-5-12(15)8-14-6-10(3)16-11(4)7-14/h9-13,15H,5-8H2,1-4H3/t10-,11+,12?. The summed E-state index contributed by atoms with van der Waals surface area (Å²) in [6, 6.07) is 0.428. The molecule has 1 fully saturated rings. The minimum Gasteiger partial charge on any atom is -0.390 e. The maximum absolute atomic E-state index is 9.88. The van der Waals surface area contributed by atoms with E-state index in [1.54, 1.807) is 0 Å². The lowest BCUT2D eigenvalue weighted by molar-refractivity contribution is -0.0762. The van der Waals surface area contributed by atoms with Gasteiger partial charge in [-0.3, -0.25) is 4.90 Å². The first kappa shape index (κ1) is 13.9. The molecule has 0 aromatic carbocycles. The highest BCUT2D eigenvalue weighted by molar-refractivity contribution is 4.76. The average molecular weight is 230 g/mol. The van der Waals surface area contributed by atoms with Crippen LogP contribution in [0.25, 0.3) is 0 Å². The quantitative estimate of drug-likeness (QED) is 0.720. The summed E-state index contributed by atoms with van der Waals surface area (Å²) in [5, 5.41) is 13.1. The van der Waals surface area contributed by atoms with Crippen LogP contribution < -0.4 is 5.32 Å². The second-order valence-electron chi connectivity index (χ2n) is 5.19. The zero-order valence-electron chi connectivity index (χ0n) is 10.9. The Bertz CT molecular complexity index is 189. The minimum absolute atomic E-state index is 0.272. The maximum Gasteiger partial charge on any atom is 0.0791 e. The summed E-state index contributed by atoms with van der Waals surface area (Å²) in [6.07, 6.45) is 0.253. The molecule has 16 heavy (non-hydrogen) atoms. The lowest BCUT2D eigenvalue weighted by Gasteiger charge is -2.36. The molecule has 4 heteroatoms. The third-order valence-electron chi connectivity index (χ3n) is 2.73. The molecule has 1 saturated heterocycles. The normalized spacial score (nSPS) is 29.6. The summed E-state index contributed by atoms with van der Waals surface area (Å²) in [4.78, 5) is 2.28. The van der Waals surface area contributed by atoms with E-state index in [0.29, 0.717) is 12.6 Å². The van der Waals surface area contributed by atoms with E-state index in [0.717, 1.165) is 19.6 Å². The van der Waals surface area contributed by atoms with Crippen molar-refractivity contribution in [2.75, 3.05) is 26.2 Å². The molecule has 0 amide bonds. The fraction of sp³-hybridized carbons (Fsp3) is 1.00. The van der Waals surface area contributed by atoms with Gasteiger partial charge in [-0.05, 0) is 13.8 Å². The molecule has 0 aromatic rings. The predicted octanol–water partition coefficient (Wildman–Crippen LogP) is 0.455. The summed E-state index contributed by atoms with van der Waals surface area (Å²) >= 11 is 0. The second kappa shape index (κ2) is 6.55. The first-order valence-corrected chi connectivity index (χ1v) is 6.26. The highest BCUT2D eigenvalue weighted by Crippen LogP contribution is 2.10. The van der Waals surface area contributed by atoms with Crippen molar-refractivity contribution in [1.82, 2.24) is 10.2 Å². The molecule has 3 atom stereocenters. The van der Waals surface area contributed by atoms with E-state index in [2.05, 4.69) is 37.9 Å².